The fraction of sp³-hybridized carbons (Fsp3) is 0.562. The molecule has 4 nitrogen and oxygen atoms in total. The molecule has 6 heteroatoms. The highest BCUT2D eigenvalue weighted by Gasteiger charge is 2.33. The van der Waals surface area contributed by atoms with Gasteiger partial charge in [0, 0.05) is 19.2 Å². The minimum atomic E-state index is -0.282. The standard InChI is InChI=1S/C16H24FN3O.HI/c1-4-13(21-14-7-5-6-12(17)9-14)10-19-16(18-3)20-15-8-11(15)2;/h5-7,9,11,13,15H,4,8,10H2,1-3H3,(H2,18,19,20);1H. The Hall–Kier alpha value is -1.05. The number of hydrogen-bond acceptors (Lipinski definition) is 2. The smallest absolute Gasteiger partial charge is 0.191 e. The van der Waals surface area contributed by atoms with Crippen LogP contribution in [0.25, 0.3) is 0 Å². The molecule has 0 radical (unpaired) electrons. The van der Waals surface area contributed by atoms with Gasteiger partial charge in [0.15, 0.2) is 5.96 Å². The van der Waals surface area contributed by atoms with Gasteiger partial charge in [-0.3, -0.25) is 4.99 Å². The van der Waals surface area contributed by atoms with Crippen LogP contribution in [-0.4, -0.2) is 31.7 Å². The molecule has 0 amide bonds. The second kappa shape index (κ2) is 9.17. The molecular weight excluding hydrogens is 396 g/mol. The maximum absolute atomic E-state index is 13.2. The number of rotatable bonds is 6. The van der Waals surface area contributed by atoms with Crippen LogP contribution in [0.1, 0.15) is 26.7 Å². The zero-order valence-corrected chi connectivity index (χ0v) is 15.6. The lowest BCUT2D eigenvalue weighted by Gasteiger charge is -2.20. The van der Waals surface area contributed by atoms with Crippen LogP contribution >= 0.6 is 24.0 Å². The van der Waals surface area contributed by atoms with E-state index in [9.17, 15) is 4.39 Å². The summed E-state index contributed by atoms with van der Waals surface area (Å²) in [6.07, 6.45) is 2.00. The Bertz CT molecular complexity index is 498. The summed E-state index contributed by atoms with van der Waals surface area (Å²) in [5.41, 5.74) is 0. The summed E-state index contributed by atoms with van der Waals surface area (Å²) in [4.78, 5) is 4.21. The Balaban J connectivity index is 0.00000242. The Morgan fingerprint density at radius 1 is 1.50 bits per heavy atom. The number of guanidine groups is 1. The van der Waals surface area contributed by atoms with Crippen LogP contribution in [0.15, 0.2) is 29.3 Å². The quantitative estimate of drug-likeness (QED) is 0.422. The Morgan fingerprint density at radius 3 is 2.77 bits per heavy atom. The summed E-state index contributed by atoms with van der Waals surface area (Å²) < 4.78 is 18.9. The SMILES string of the molecule is CCC(CNC(=NC)NC1CC1C)Oc1cccc(F)c1.I. The fourth-order valence-electron chi connectivity index (χ4n) is 2.11. The highest BCUT2D eigenvalue weighted by atomic mass is 127. The van der Waals surface area contributed by atoms with E-state index in [1.54, 1.807) is 19.2 Å². The minimum absolute atomic E-state index is 0. The first-order chi connectivity index (χ1) is 10.1. The van der Waals surface area contributed by atoms with Gasteiger partial charge in [0.2, 0.25) is 0 Å². The molecule has 1 aliphatic rings. The van der Waals surface area contributed by atoms with Gasteiger partial charge in [-0.1, -0.05) is 19.9 Å². The molecule has 1 aliphatic carbocycles. The van der Waals surface area contributed by atoms with E-state index in [-0.39, 0.29) is 35.9 Å². The number of nitrogens with one attached hydrogen (secondary N) is 2. The third-order valence-electron chi connectivity index (χ3n) is 3.71. The van der Waals surface area contributed by atoms with Gasteiger partial charge in [0.1, 0.15) is 17.7 Å². The van der Waals surface area contributed by atoms with Crippen LogP contribution in [-0.2, 0) is 0 Å². The predicted molar refractivity (Wildman–Crippen MR) is 98.6 cm³/mol. The van der Waals surface area contributed by atoms with Crippen LogP contribution in [0.2, 0.25) is 0 Å². The van der Waals surface area contributed by atoms with Gasteiger partial charge in [0.25, 0.3) is 0 Å². The van der Waals surface area contributed by atoms with E-state index in [0.29, 0.717) is 24.3 Å². The summed E-state index contributed by atoms with van der Waals surface area (Å²) >= 11 is 0. The largest absolute Gasteiger partial charge is 0.489 e. The average Bonchev–Trinajstić information content (AvgIpc) is 3.17. The van der Waals surface area contributed by atoms with Gasteiger partial charge in [-0.05, 0) is 30.9 Å². The molecule has 124 valence electrons. The maximum Gasteiger partial charge on any atom is 0.191 e. The van der Waals surface area contributed by atoms with Gasteiger partial charge in [0.05, 0.1) is 6.54 Å². The summed E-state index contributed by atoms with van der Waals surface area (Å²) in [6, 6.07) is 6.76. The molecule has 0 bridgehead atoms. The third-order valence-corrected chi connectivity index (χ3v) is 3.71. The second-order valence-corrected chi connectivity index (χ2v) is 5.52. The van der Waals surface area contributed by atoms with Crippen molar-refractivity contribution in [2.24, 2.45) is 10.9 Å². The van der Waals surface area contributed by atoms with Crippen molar-refractivity contribution in [2.45, 2.75) is 38.8 Å². The molecule has 0 aliphatic heterocycles. The molecule has 0 spiro atoms. The van der Waals surface area contributed by atoms with E-state index in [4.69, 9.17) is 4.74 Å². The number of halogens is 2. The van der Waals surface area contributed by atoms with E-state index in [1.165, 1.54) is 18.6 Å². The highest BCUT2D eigenvalue weighted by Crippen LogP contribution is 2.28. The van der Waals surface area contributed by atoms with Crippen LogP contribution in [0, 0.1) is 11.7 Å². The Morgan fingerprint density at radius 2 is 2.23 bits per heavy atom. The van der Waals surface area contributed by atoms with Crippen LogP contribution in [0.4, 0.5) is 4.39 Å². The lowest BCUT2D eigenvalue weighted by molar-refractivity contribution is 0.198. The number of aliphatic imine (C=N–C) groups is 1. The second-order valence-electron chi connectivity index (χ2n) is 5.52. The first kappa shape index (κ1) is 19.0. The van der Waals surface area contributed by atoms with E-state index in [0.717, 1.165) is 12.4 Å². The third kappa shape index (κ3) is 5.98. The Labute approximate surface area is 148 Å². The highest BCUT2D eigenvalue weighted by molar-refractivity contribution is 14.0. The molecule has 1 aromatic rings. The van der Waals surface area contributed by atoms with Gasteiger partial charge in [-0.25, -0.2) is 4.39 Å². The molecule has 1 fully saturated rings. The van der Waals surface area contributed by atoms with Gasteiger partial charge in [-0.15, -0.1) is 24.0 Å². The zero-order valence-electron chi connectivity index (χ0n) is 13.3. The normalized spacial score (nSPS) is 21.5. The van der Waals surface area contributed by atoms with Crippen molar-refractivity contribution in [3.05, 3.63) is 30.1 Å². The number of hydrogen-bond donors (Lipinski definition) is 2. The average molecular weight is 421 g/mol. The molecule has 3 unspecified atom stereocenters. The lowest BCUT2D eigenvalue weighted by atomic mass is 10.2. The number of benzene rings is 1. The molecule has 2 N–H and O–H groups in total. The Kier molecular flexibility index (Phi) is 7.92. The number of ether oxygens (including phenoxy) is 1. The van der Waals surface area contributed by atoms with Crippen molar-refractivity contribution < 1.29 is 9.13 Å². The van der Waals surface area contributed by atoms with Crippen molar-refractivity contribution in [2.75, 3.05) is 13.6 Å². The van der Waals surface area contributed by atoms with Crippen LogP contribution in [0.3, 0.4) is 0 Å². The van der Waals surface area contributed by atoms with Crippen molar-refractivity contribution in [3.63, 3.8) is 0 Å². The molecule has 3 atom stereocenters. The molecule has 0 saturated heterocycles. The van der Waals surface area contributed by atoms with Crippen molar-refractivity contribution in [3.8, 4) is 5.75 Å². The van der Waals surface area contributed by atoms with Gasteiger partial charge in [-0.2, -0.15) is 0 Å². The van der Waals surface area contributed by atoms with Gasteiger partial charge < -0.3 is 15.4 Å². The number of nitrogens with zero attached hydrogens (tertiary/aromatic N) is 1. The van der Waals surface area contributed by atoms with Crippen molar-refractivity contribution in [1.82, 2.24) is 10.6 Å². The molecule has 0 aromatic heterocycles. The first-order valence-electron chi connectivity index (χ1n) is 7.51. The molecule has 1 saturated carbocycles. The molecule has 22 heavy (non-hydrogen) atoms. The summed E-state index contributed by atoms with van der Waals surface area (Å²) in [5, 5.41) is 6.63. The minimum Gasteiger partial charge on any atom is -0.489 e. The van der Waals surface area contributed by atoms with Gasteiger partial charge >= 0.3 is 0 Å². The van der Waals surface area contributed by atoms with E-state index < -0.39 is 0 Å². The van der Waals surface area contributed by atoms with E-state index in [1.807, 2.05) is 6.92 Å². The summed E-state index contributed by atoms with van der Waals surface area (Å²) in [7, 11) is 1.76. The molecular formula is C16H25FIN3O. The first-order valence-corrected chi connectivity index (χ1v) is 7.51. The van der Waals surface area contributed by atoms with E-state index >= 15 is 0 Å². The topological polar surface area (TPSA) is 45.7 Å². The lowest BCUT2D eigenvalue weighted by Crippen LogP contribution is -2.43. The molecule has 0 heterocycles. The van der Waals surface area contributed by atoms with Crippen LogP contribution < -0.4 is 15.4 Å². The van der Waals surface area contributed by atoms with E-state index in [2.05, 4.69) is 22.5 Å². The fourth-order valence-corrected chi connectivity index (χ4v) is 2.11. The van der Waals surface area contributed by atoms with Crippen molar-refractivity contribution >= 4 is 29.9 Å². The van der Waals surface area contributed by atoms with Crippen molar-refractivity contribution in [1.29, 1.82) is 0 Å². The molecule has 2 rings (SSSR count). The molecule has 1 aromatic carbocycles. The summed E-state index contributed by atoms with van der Waals surface area (Å²) in [6.45, 7) is 4.89. The monoisotopic (exact) mass is 421 g/mol. The predicted octanol–water partition coefficient (Wildman–Crippen LogP) is 3.17. The zero-order chi connectivity index (χ0) is 15.2. The van der Waals surface area contributed by atoms with Crippen LogP contribution in [0.5, 0.6) is 5.75 Å². The summed E-state index contributed by atoms with van der Waals surface area (Å²) in [5.74, 6) is 1.79. The maximum atomic E-state index is 13.2.